The lowest BCUT2D eigenvalue weighted by atomic mass is 10.2. The van der Waals surface area contributed by atoms with Crippen molar-refractivity contribution in [2.75, 3.05) is 19.7 Å². The van der Waals surface area contributed by atoms with Crippen molar-refractivity contribution in [1.82, 2.24) is 4.90 Å². The molecule has 1 rings (SSSR count). The Morgan fingerprint density at radius 3 is 2.73 bits per heavy atom. The minimum absolute atomic E-state index is 0.214. The third-order valence-electron chi connectivity index (χ3n) is 2.44. The van der Waals surface area contributed by atoms with Crippen LogP contribution in [0.4, 0.5) is 0 Å². The maximum absolute atomic E-state index is 11.8. The summed E-state index contributed by atoms with van der Waals surface area (Å²) in [6.07, 6.45) is 1.81. The molecule has 2 N–H and O–H groups in total. The highest BCUT2D eigenvalue weighted by Crippen LogP contribution is 2.15. The monoisotopic (exact) mass is 214 g/mol. The smallest absolute Gasteiger partial charge is 0.258 e. The molecule has 0 spiro atoms. The van der Waals surface area contributed by atoms with E-state index in [1.54, 1.807) is 0 Å². The maximum Gasteiger partial charge on any atom is 0.258 e. The van der Waals surface area contributed by atoms with Crippen molar-refractivity contribution in [1.29, 1.82) is 0 Å². The van der Waals surface area contributed by atoms with Gasteiger partial charge in [0, 0.05) is 20.1 Å². The number of nitrogens with zero attached hydrogens (tertiary/aromatic N) is 1. The molecule has 5 nitrogen and oxygen atoms in total. The standard InChI is InChI=1S/C10H18N2O3/c1-8(13)12(6-3-5-11)10(14)9-4-2-7-15-9/h9H,2-7,11H2,1H3. The molecule has 15 heavy (non-hydrogen) atoms. The quantitative estimate of drug-likeness (QED) is 0.708. The van der Waals surface area contributed by atoms with Crippen LogP contribution >= 0.6 is 0 Å². The Morgan fingerprint density at radius 1 is 1.53 bits per heavy atom. The van der Waals surface area contributed by atoms with Crippen LogP contribution in [0.1, 0.15) is 26.2 Å². The van der Waals surface area contributed by atoms with Crippen LogP contribution in [-0.4, -0.2) is 42.5 Å². The van der Waals surface area contributed by atoms with Gasteiger partial charge in [-0.3, -0.25) is 14.5 Å². The summed E-state index contributed by atoms with van der Waals surface area (Å²) in [7, 11) is 0. The van der Waals surface area contributed by atoms with Gasteiger partial charge in [-0.25, -0.2) is 0 Å². The average molecular weight is 214 g/mol. The highest BCUT2D eigenvalue weighted by Gasteiger charge is 2.29. The van der Waals surface area contributed by atoms with E-state index >= 15 is 0 Å². The molecular formula is C10H18N2O3. The summed E-state index contributed by atoms with van der Waals surface area (Å²) >= 11 is 0. The van der Waals surface area contributed by atoms with Gasteiger partial charge >= 0.3 is 0 Å². The van der Waals surface area contributed by atoms with Gasteiger partial charge in [0.25, 0.3) is 5.91 Å². The molecule has 0 aliphatic carbocycles. The third kappa shape index (κ3) is 3.28. The number of nitrogens with two attached hydrogens (primary N) is 1. The van der Waals surface area contributed by atoms with E-state index in [0.717, 1.165) is 6.42 Å². The molecular weight excluding hydrogens is 196 g/mol. The molecule has 1 saturated heterocycles. The van der Waals surface area contributed by atoms with Crippen molar-refractivity contribution < 1.29 is 14.3 Å². The molecule has 1 aliphatic rings. The van der Waals surface area contributed by atoms with E-state index in [1.807, 2.05) is 0 Å². The molecule has 0 aromatic carbocycles. The number of rotatable bonds is 4. The molecule has 0 radical (unpaired) electrons. The van der Waals surface area contributed by atoms with Gasteiger partial charge in [-0.15, -0.1) is 0 Å². The highest BCUT2D eigenvalue weighted by atomic mass is 16.5. The van der Waals surface area contributed by atoms with Crippen LogP contribution in [0, 0.1) is 0 Å². The second kappa shape index (κ2) is 5.82. The lowest BCUT2D eigenvalue weighted by molar-refractivity contribution is -0.150. The van der Waals surface area contributed by atoms with E-state index in [2.05, 4.69) is 0 Å². The molecule has 0 saturated carbocycles. The van der Waals surface area contributed by atoms with E-state index in [9.17, 15) is 9.59 Å². The fraction of sp³-hybridized carbons (Fsp3) is 0.800. The van der Waals surface area contributed by atoms with Crippen molar-refractivity contribution >= 4 is 11.8 Å². The van der Waals surface area contributed by atoms with Gasteiger partial charge in [-0.05, 0) is 25.8 Å². The first-order valence-electron chi connectivity index (χ1n) is 5.30. The Balaban J connectivity index is 2.53. The van der Waals surface area contributed by atoms with Crippen LogP contribution in [0.2, 0.25) is 0 Å². The van der Waals surface area contributed by atoms with Crippen LogP contribution in [0.5, 0.6) is 0 Å². The van der Waals surface area contributed by atoms with Crippen LogP contribution in [-0.2, 0) is 14.3 Å². The normalized spacial score (nSPS) is 20.3. The Bertz CT molecular complexity index is 237. The Morgan fingerprint density at radius 2 is 2.27 bits per heavy atom. The molecule has 1 unspecified atom stereocenters. The first-order chi connectivity index (χ1) is 7.16. The Kier molecular flexibility index (Phi) is 4.71. The fourth-order valence-corrected chi connectivity index (χ4v) is 1.62. The molecule has 0 bridgehead atoms. The molecule has 0 aromatic rings. The van der Waals surface area contributed by atoms with Gasteiger partial charge < -0.3 is 10.5 Å². The largest absolute Gasteiger partial charge is 0.368 e. The number of carbonyl (C=O) groups excluding carboxylic acids is 2. The number of hydrogen-bond donors (Lipinski definition) is 1. The van der Waals surface area contributed by atoms with Gasteiger partial charge in [0.05, 0.1) is 0 Å². The zero-order chi connectivity index (χ0) is 11.3. The molecule has 2 amide bonds. The van der Waals surface area contributed by atoms with Crippen molar-refractivity contribution in [2.24, 2.45) is 5.73 Å². The van der Waals surface area contributed by atoms with Gasteiger partial charge in [-0.1, -0.05) is 0 Å². The summed E-state index contributed by atoms with van der Waals surface area (Å²) in [5.74, 6) is -0.447. The summed E-state index contributed by atoms with van der Waals surface area (Å²) in [6.45, 7) is 2.87. The zero-order valence-corrected chi connectivity index (χ0v) is 9.07. The summed E-state index contributed by atoms with van der Waals surface area (Å²) in [5.41, 5.74) is 5.35. The molecule has 1 aliphatic heterocycles. The van der Waals surface area contributed by atoms with Crippen molar-refractivity contribution in [3.05, 3.63) is 0 Å². The summed E-state index contributed by atoms with van der Waals surface area (Å²) in [4.78, 5) is 24.3. The van der Waals surface area contributed by atoms with Crippen LogP contribution in [0.3, 0.4) is 0 Å². The predicted octanol–water partition coefficient (Wildman–Crippen LogP) is -0.111. The van der Waals surface area contributed by atoms with E-state index in [1.165, 1.54) is 11.8 Å². The second-order valence-electron chi connectivity index (χ2n) is 3.65. The Hall–Kier alpha value is -0.940. The molecule has 5 heteroatoms. The minimum Gasteiger partial charge on any atom is -0.368 e. The first kappa shape index (κ1) is 12.1. The van der Waals surface area contributed by atoms with Gasteiger partial charge in [0.15, 0.2) is 0 Å². The van der Waals surface area contributed by atoms with Crippen LogP contribution in [0.15, 0.2) is 0 Å². The first-order valence-corrected chi connectivity index (χ1v) is 5.30. The lowest BCUT2D eigenvalue weighted by Gasteiger charge is -2.21. The number of hydrogen-bond acceptors (Lipinski definition) is 4. The molecule has 1 atom stereocenters. The Labute approximate surface area is 89.6 Å². The van der Waals surface area contributed by atoms with Crippen LogP contribution in [0.25, 0.3) is 0 Å². The van der Waals surface area contributed by atoms with Gasteiger partial charge in [-0.2, -0.15) is 0 Å². The van der Waals surface area contributed by atoms with Crippen molar-refractivity contribution in [3.63, 3.8) is 0 Å². The summed E-state index contributed by atoms with van der Waals surface area (Å²) in [6, 6.07) is 0. The third-order valence-corrected chi connectivity index (χ3v) is 2.44. The fourth-order valence-electron chi connectivity index (χ4n) is 1.62. The highest BCUT2D eigenvalue weighted by molar-refractivity contribution is 5.96. The molecule has 1 fully saturated rings. The van der Waals surface area contributed by atoms with E-state index < -0.39 is 6.10 Å². The van der Waals surface area contributed by atoms with E-state index in [4.69, 9.17) is 10.5 Å². The van der Waals surface area contributed by atoms with Gasteiger partial charge in [0.2, 0.25) is 5.91 Å². The topological polar surface area (TPSA) is 72.6 Å². The summed E-state index contributed by atoms with van der Waals surface area (Å²) in [5, 5.41) is 0. The SMILES string of the molecule is CC(=O)N(CCCN)C(=O)C1CCCO1. The molecule has 0 aromatic heterocycles. The van der Waals surface area contributed by atoms with E-state index in [0.29, 0.717) is 32.5 Å². The minimum atomic E-state index is -0.424. The average Bonchev–Trinajstić information content (AvgIpc) is 2.70. The van der Waals surface area contributed by atoms with Crippen molar-refractivity contribution in [3.8, 4) is 0 Å². The van der Waals surface area contributed by atoms with E-state index in [-0.39, 0.29) is 11.8 Å². The van der Waals surface area contributed by atoms with Crippen molar-refractivity contribution in [2.45, 2.75) is 32.3 Å². The number of carbonyl (C=O) groups is 2. The zero-order valence-electron chi connectivity index (χ0n) is 9.07. The second-order valence-corrected chi connectivity index (χ2v) is 3.65. The van der Waals surface area contributed by atoms with Crippen LogP contribution < -0.4 is 5.73 Å². The number of amides is 2. The molecule has 1 heterocycles. The summed E-state index contributed by atoms with van der Waals surface area (Å²) < 4.78 is 5.25. The predicted molar refractivity (Wildman–Crippen MR) is 55.0 cm³/mol. The maximum atomic E-state index is 11.8. The number of imide groups is 1. The number of ether oxygens (including phenoxy) is 1. The van der Waals surface area contributed by atoms with Gasteiger partial charge in [0.1, 0.15) is 6.10 Å². The molecule has 86 valence electrons. The lowest BCUT2D eigenvalue weighted by Crippen LogP contribution is -2.42.